The summed E-state index contributed by atoms with van der Waals surface area (Å²) in [4.78, 5) is 23.3. The molecule has 4 N–H and O–H groups in total. The third-order valence-electron chi connectivity index (χ3n) is 14.2. The van der Waals surface area contributed by atoms with Crippen LogP contribution >= 0.6 is 7.82 Å². The molecular weight excluding hydrogens is 976 g/mol. The number of amides is 1. The first-order chi connectivity index (χ1) is 37.4. The SMILES string of the molecule is CC/C=C\C/C=C\C/C=C\C/C=C\C/C=C\C/C=C\CCCCCCCCCCCCCCCCCCCCCCCCC(=O)NC(COP(=O)(O)OCC[N+](C)(C)C)C(O)C(O)CCC/C=C/CCCCCCCCC. The molecule has 0 aliphatic rings. The third-order valence-corrected chi connectivity index (χ3v) is 15.2. The van der Waals surface area contributed by atoms with E-state index in [1.165, 1.54) is 173 Å². The number of aliphatic hydroxyl groups excluding tert-OH is 2. The molecular formula is C67H124N2O7P+. The molecule has 0 aromatic heterocycles. The van der Waals surface area contributed by atoms with Gasteiger partial charge in [0.15, 0.2) is 0 Å². The van der Waals surface area contributed by atoms with Crippen LogP contribution in [-0.2, 0) is 18.4 Å². The standard InChI is InChI=1S/C67H123N2O7P/c1-6-8-10-12-14-16-18-20-21-22-23-24-25-26-27-28-29-30-31-32-33-34-35-36-37-38-39-40-41-42-43-44-45-46-47-48-50-52-54-56-58-60-66(71)68-64(63-76-77(73,74)75-62-61-69(3,4)5)67(72)65(70)59-57-55-53-51-49-19-17-15-13-11-9-7-2/h8,10,14,16,20-21,23-24,26-27,29-30,51,53,64-65,67,70,72H,6-7,9,11-13,15,17-19,22,25,28,31-50,52,54-63H2,1-5H3,(H-,68,71,73,74)/p+1/b10-8-,16-14-,21-20-,24-23-,27-26-,30-29-,53-51+. The van der Waals surface area contributed by atoms with Gasteiger partial charge in [-0.05, 0) is 89.9 Å². The van der Waals surface area contributed by atoms with Crippen molar-refractivity contribution in [2.45, 2.75) is 295 Å². The predicted octanol–water partition coefficient (Wildman–Crippen LogP) is 19.0. The lowest BCUT2D eigenvalue weighted by molar-refractivity contribution is -0.870. The van der Waals surface area contributed by atoms with E-state index in [2.05, 4.69) is 104 Å². The van der Waals surface area contributed by atoms with Crippen molar-refractivity contribution in [1.29, 1.82) is 0 Å². The maximum Gasteiger partial charge on any atom is 0.472 e. The monoisotopic (exact) mass is 1100 g/mol. The van der Waals surface area contributed by atoms with Crippen LogP contribution in [0, 0.1) is 0 Å². The molecule has 1 amide bonds. The molecule has 77 heavy (non-hydrogen) atoms. The Morgan fingerprint density at radius 2 is 0.805 bits per heavy atom. The molecule has 0 aromatic rings. The molecule has 0 saturated carbocycles. The number of carbonyl (C=O) groups excluding carboxylic acids is 1. The highest BCUT2D eigenvalue weighted by Crippen LogP contribution is 2.43. The summed E-state index contributed by atoms with van der Waals surface area (Å²) >= 11 is 0. The lowest BCUT2D eigenvalue weighted by Gasteiger charge is -2.28. The van der Waals surface area contributed by atoms with E-state index in [0.717, 1.165) is 70.6 Å². The van der Waals surface area contributed by atoms with Gasteiger partial charge in [0.25, 0.3) is 0 Å². The van der Waals surface area contributed by atoms with E-state index < -0.39 is 32.7 Å². The molecule has 0 saturated heterocycles. The molecule has 0 heterocycles. The molecule has 0 aliphatic carbocycles. The molecule has 0 aromatic carbocycles. The topological polar surface area (TPSA) is 125 Å². The minimum absolute atomic E-state index is 0.0159. The molecule has 10 heteroatoms. The second-order valence-electron chi connectivity index (χ2n) is 22.9. The van der Waals surface area contributed by atoms with E-state index in [1.807, 2.05) is 21.1 Å². The molecule has 0 aliphatic heterocycles. The van der Waals surface area contributed by atoms with Gasteiger partial charge >= 0.3 is 7.82 Å². The van der Waals surface area contributed by atoms with Crippen LogP contribution in [0.1, 0.15) is 277 Å². The van der Waals surface area contributed by atoms with Gasteiger partial charge in [0.05, 0.1) is 39.9 Å². The molecule has 0 spiro atoms. The highest BCUT2D eigenvalue weighted by atomic mass is 31.2. The van der Waals surface area contributed by atoms with Crippen LogP contribution in [0.3, 0.4) is 0 Å². The largest absolute Gasteiger partial charge is 0.472 e. The summed E-state index contributed by atoms with van der Waals surface area (Å²) in [6, 6.07) is -1.05. The van der Waals surface area contributed by atoms with Crippen LogP contribution in [0.25, 0.3) is 0 Å². The lowest BCUT2D eigenvalue weighted by Crippen LogP contribution is -2.51. The van der Waals surface area contributed by atoms with Crippen molar-refractivity contribution in [2.24, 2.45) is 0 Å². The van der Waals surface area contributed by atoms with Gasteiger partial charge in [-0.3, -0.25) is 13.8 Å². The van der Waals surface area contributed by atoms with E-state index >= 15 is 0 Å². The number of unbranched alkanes of at least 4 members (excludes halogenated alkanes) is 30. The van der Waals surface area contributed by atoms with Gasteiger partial charge < -0.3 is 24.9 Å². The van der Waals surface area contributed by atoms with Crippen LogP contribution in [-0.4, -0.2) is 84.6 Å². The van der Waals surface area contributed by atoms with E-state index in [1.54, 1.807) is 0 Å². The van der Waals surface area contributed by atoms with E-state index in [0.29, 0.717) is 23.9 Å². The molecule has 0 bridgehead atoms. The summed E-state index contributed by atoms with van der Waals surface area (Å²) in [6.07, 6.45) is 77.1. The Morgan fingerprint density at radius 1 is 0.468 bits per heavy atom. The van der Waals surface area contributed by atoms with Crippen molar-refractivity contribution in [2.75, 3.05) is 40.9 Å². The number of nitrogens with zero attached hydrogens (tertiary/aromatic N) is 1. The van der Waals surface area contributed by atoms with Gasteiger partial charge in [-0.25, -0.2) is 4.57 Å². The van der Waals surface area contributed by atoms with Crippen LogP contribution in [0.5, 0.6) is 0 Å². The number of likely N-dealkylation sites (N-methyl/N-ethyl adjacent to an activating group) is 1. The quantitative estimate of drug-likeness (QED) is 0.0207. The number of allylic oxidation sites excluding steroid dienone is 14. The van der Waals surface area contributed by atoms with Crippen molar-refractivity contribution < 1.29 is 38.0 Å². The fraction of sp³-hybridized carbons (Fsp3) is 0.776. The van der Waals surface area contributed by atoms with E-state index in [9.17, 15) is 24.5 Å². The molecule has 0 rings (SSSR count). The summed E-state index contributed by atoms with van der Waals surface area (Å²) in [7, 11) is 1.42. The first-order valence-corrected chi connectivity index (χ1v) is 33.5. The molecule has 0 fully saturated rings. The smallest absolute Gasteiger partial charge is 0.390 e. The van der Waals surface area contributed by atoms with E-state index in [-0.39, 0.29) is 18.9 Å². The zero-order valence-electron chi connectivity index (χ0n) is 50.8. The van der Waals surface area contributed by atoms with Gasteiger partial charge in [0.1, 0.15) is 19.3 Å². The van der Waals surface area contributed by atoms with Crippen LogP contribution in [0.2, 0.25) is 0 Å². The predicted molar refractivity (Wildman–Crippen MR) is 333 cm³/mol. The highest BCUT2D eigenvalue weighted by molar-refractivity contribution is 7.47. The number of nitrogens with one attached hydrogen (secondary N) is 1. The van der Waals surface area contributed by atoms with Crippen molar-refractivity contribution in [1.82, 2.24) is 5.32 Å². The van der Waals surface area contributed by atoms with Crippen LogP contribution < -0.4 is 5.32 Å². The summed E-state index contributed by atoms with van der Waals surface area (Å²) in [5.41, 5.74) is 0. The Labute approximate surface area is 476 Å². The zero-order chi connectivity index (χ0) is 56.4. The number of phosphoric ester groups is 1. The summed E-state index contributed by atoms with van der Waals surface area (Å²) in [5, 5.41) is 24.8. The van der Waals surface area contributed by atoms with Crippen molar-refractivity contribution in [3.63, 3.8) is 0 Å². The maximum absolute atomic E-state index is 13.0. The minimum Gasteiger partial charge on any atom is -0.390 e. The average molecular weight is 1100 g/mol. The van der Waals surface area contributed by atoms with Gasteiger partial charge in [-0.2, -0.15) is 0 Å². The fourth-order valence-electron chi connectivity index (χ4n) is 9.21. The first kappa shape index (κ1) is 74.6. The Morgan fingerprint density at radius 3 is 1.19 bits per heavy atom. The van der Waals surface area contributed by atoms with E-state index in [4.69, 9.17) is 9.05 Å². The Kier molecular flexibility index (Phi) is 55.2. The number of quaternary nitrogens is 1. The number of phosphoric acid groups is 1. The lowest BCUT2D eigenvalue weighted by atomic mass is 10.0. The van der Waals surface area contributed by atoms with Gasteiger partial charge in [0.2, 0.25) is 5.91 Å². The normalized spacial score (nSPS) is 14.8. The number of aliphatic hydroxyl groups is 2. The Bertz CT molecular complexity index is 1550. The highest BCUT2D eigenvalue weighted by Gasteiger charge is 2.32. The average Bonchev–Trinajstić information content (AvgIpc) is 3.39. The first-order valence-electron chi connectivity index (χ1n) is 32.0. The van der Waals surface area contributed by atoms with Gasteiger partial charge in [-0.15, -0.1) is 0 Å². The number of rotatable bonds is 58. The molecule has 4 atom stereocenters. The Hall–Kier alpha value is -2.36. The van der Waals surface area contributed by atoms with Crippen molar-refractivity contribution >= 4 is 13.7 Å². The van der Waals surface area contributed by atoms with Crippen LogP contribution in [0.15, 0.2) is 85.1 Å². The molecule has 4 unspecified atom stereocenters. The van der Waals surface area contributed by atoms with Crippen molar-refractivity contribution in [3.05, 3.63) is 85.1 Å². The Balaban J connectivity index is 3.95. The number of hydrogen-bond donors (Lipinski definition) is 4. The molecule has 448 valence electrons. The fourth-order valence-corrected chi connectivity index (χ4v) is 9.94. The summed E-state index contributed by atoms with van der Waals surface area (Å²) in [6.45, 7) is 4.47. The van der Waals surface area contributed by atoms with Gasteiger partial charge in [0, 0.05) is 6.42 Å². The maximum atomic E-state index is 13.0. The van der Waals surface area contributed by atoms with Crippen LogP contribution in [0.4, 0.5) is 0 Å². The van der Waals surface area contributed by atoms with Gasteiger partial charge in [-0.1, -0.05) is 266 Å². The third kappa shape index (κ3) is 58.1. The summed E-state index contributed by atoms with van der Waals surface area (Å²) in [5.74, 6) is -0.266. The van der Waals surface area contributed by atoms with Crippen molar-refractivity contribution in [3.8, 4) is 0 Å². The second-order valence-corrected chi connectivity index (χ2v) is 24.3. The summed E-state index contributed by atoms with van der Waals surface area (Å²) < 4.78 is 23.6. The molecule has 0 radical (unpaired) electrons. The zero-order valence-corrected chi connectivity index (χ0v) is 51.7. The minimum atomic E-state index is -4.43. The molecule has 9 nitrogen and oxygen atoms in total. The second kappa shape index (κ2) is 56.9. The number of carbonyl (C=O) groups is 1. The number of hydrogen-bond acceptors (Lipinski definition) is 6.